The Balaban J connectivity index is 1.04. The summed E-state index contributed by atoms with van der Waals surface area (Å²) in [5.74, 6) is 0. The molecule has 0 fully saturated rings. The van der Waals surface area contributed by atoms with Crippen LogP contribution in [0.3, 0.4) is 0 Å². The smallest absolute Gasteiger partial charge is 0.0361 e. The van der Waals surface area contributed by atoms with E-state index in [0.29, 0.717) is 0 Å². The summed E-state index contributed by atoms with van der Waals surface area (Å²) in [7, 11) is 0. The van der Waals surface area contributed by atoms with E-state index in [9.17, 15) is 0 Å². The van der Waals surface area contributed by atoms with Crippen molar-refractivity contribution in [2.24, 2.45) is 0 Å². The Hall–Kier alpha value is -5.80. The van der Waals surface area contributed by atoms with Gasteiger partial charge >= 0.3 is 0 Å². The molecule has 0 N–H and O–H groups in total. The zero-order valence-corrected chi connectivity index (χ0v) is 28.5. The minimum Gasteiger partial charge on any atom is -0.135 e. The fourth-order valence-corrected chi connectivity index (χ4v) is 10.9. The highest BCUT2D eigenvalue weighted by Gasteiger charge is 2.17. The second-order valence-corrected chi connectivity index (χ2v) is 15.8. The minimum atomic E-state index is 1.27. The van der Waals surface area contributed by atoms with E-state index in [-0.39, 0.29) is 0 Å². The van der Waals surface area contributed by atoms with Gasteiger partial charge in [0, 0.05) is 40.3 Å². The van der Waals surface area contributed by atoms with Crippen LogP contribution in [0.15, 0.2) is 158 Å². The molecule has 0 spiro atoms. The van der Waals surface area contributed by atoms with Crippen LogP contribution in [0.25, 0.3) is 116 Å². The van der Waals surface area contributed by atoms with Gasteiger partial charge in [0.25, 0.3) is 0 Å². The molecule has 0 radical (unpaired) electrons. The van der Waals surface area contributed by atoms with Crippen LogP contribution in [0.1, 0.15) is 0 Å². The fraction of sp³-hybridized carbons (Fsp3) is 0. The first-order valence-electron chi connectivity index (χ1n) is 17.1. The highest BCUT2D eigenvalue weighted by atomic mass is 32.1. The maximum atomic E-state index is 2.41. The maximum absolute atomic E-state index is 2.41. The highest BCUT2D eigenvalue weighted by molar-refractivity contribution is 7.26. The van der Waals surface area contributed by atoms with Crippen molar-refractivity contribution in [3.63, 3.8) is 0 Å². The normalized spacial score (nSPS) is 12.4. The molecule has 12 rings (SSSR count). The van der Waals surface area contributed by atoms with E-state index in [1.165, 1.54) is 116 Å². The third-order valence-corrected chi connectivity index (χ3v) is 13.2. The van der Waals surface area contributed by atoms with Gasteiger partial charge in [0.1, 0.15) is 0 Å². The van der Waals surface area contributed by atoms with E-state index < -0.39 is 0 Å². The first-order chi connectivity index (χ1) is 24.7. The molecule has 0 aliphatic rings. The summed E-state index contributed by atoms with van der Waals surface area (Å²) in [5, 5.41) is 18.5. The van der Waals surface area contributed by atoms with Gasteiger partial charge in [-0.25, -0.2) is 0 Å². The van der Waals surface area contributed by atoms with Crippen LogP contribution in [0.5, 0.6) is 0 Å². The number of thiophene rings is 2. The lowest BCUT2D eigenvalue weighted by Crippen LogP contribution is -1.89. The van der Waals surface area contributed by atoms with Gasteiger partial charge < -0.3 is 0 Å². The van der Waals surface area contributed by atoms with Crippen LogP contribution in [0, 0.1) is 0 Å². The van der Waals surface area contributed by atoms with E-state index in [0.717, 1.165) is 0 Å². The summed E-state index contributed by atoms with van der Waals surface area (Å²) in [6, 6.07) is 59.5. The fourth-order valence-electron chi connectivity index (χ4n) is 8.56. The molecule has 0 aliphatic heterocycles. The highest BCUT2D eigenvalue weighted by Crippen LogP contribution is 2.45. The lowest BCUT2D eigenvalue weighted by molar-refractivity contribution is 1.71. The molecule has 230 valence electrons. The Bertz CT molecular complexity index is 3150. The number of rotatable bonds is 2. The lowest BCUT2D eigenvalue weighted by atomic mass is 9.87. The average molecular weight is 667 g/mol. The molecule has 0 saturated heterocycles. The zero-order chi connectivity index (χ0) is 32.5. The van der Waals surface area contributed by atoms with Crippen molar-refractivity contribution < 1.29 is 0 Å². The first-order valence-corrected chi connectivity index (χ1v) is 18.8. The summed E-state index contributed by atoms with van der Waals surface area (Å²) in [6.45, 7) is 0. The molecule has 0 nitrogen and oxygen atoms in total. The molecule has 2 heterocycles. The molecule has 0 amide bonds. The zero-order valence-electron chi connectivity index (χ0n) is 26.8. The van der Waals surface area contributed by atoms with E-state index in [1.807, 2.05) is 22.7 Å². The van der Waals surface area contributed by atoms with Crippen molar-refractivity contribution in [2.45, 2.75) is 0 Å². The summed E-state index contributed by atoms with van der Waals surface area (Å²) in [6.07, 6.45) is 0. The van der Waals surface area contributed by atoms with Crippen molar-refractivity contribution >= 4 is 117 Å². The second kappa shape index (κ2) is 9.89. The van der Waals surface area contributed by atoms with Crippen LogP contribution < -0.4 is 0 Å². The molecule has 0 aliphatic carbocycles. The molecule has 2 heteroatoms. The monoisotopic (exact) mass is 666 g/mol. The summed E-state index contributed by atoms with van der Waals surface area (Å²) in [4.78, 5) is 0. The van der Waals surface area contributed by atoms with E-state index in [2.05, 4.69) is 158 Å². The second-order valence-electron chi connectivity index (χ2n) is 13.7. The molecular formula is C48H26S2. The third kappa shape index (κ3) is 3.75. The van der Waals surface area contributed by atoms with Crippen molar-refractivity contribution in [3.05, 3.63) is 158 Å². The summed E-state index contributed by atoms with van der Waals surface area (Å²) >= 11 is 3.80. The van der Waals surface area contributed by atoms with E-state index in [1.54, 1.807) is 0 Å². The molecule has 0 unspecified atom stereocenters. The Kier molecular flexibility index (Phi) is 5.35. The number of hydrogen-bond donors (Lipinski definition) is 0. The minimum absolute atomic E-state index is 1.27. The van der Waals surface area contributed by atoms with Gasteiger partial charge in [0.05, 0.1) is 0 Å². The van der Waals surface area contributed by atoms with E-state index >= 15 is 0 Å². The standard InChI is InChI=1S/C48H26S2/c1-3-7-31-23-45-41(21-29(31)5-1)37-17-13-33(25-43(37)49-45)35-15-9-27-12-20-40-36(16-10-28-11-19-39(35)47(27)48(28)40)34-14-18-38-42-22-30-6-2-4-8-32(30)24-46(42)50-44(38)26-34/h1-26H. The van der Waals surface area contributed by atoms with Gasteiger partial charge in [0.2, 0.25) is 0 Å². The van der Waals surface area contributed by atoms with Gasteiger partial charge in [-0.3, -0.25) is 0 Å². The number of benzene rings is 10. The summed E-state index contributed by atoms with van der Waals surface area (Å²) in [5.41, 5.74) is 5.13. The number of hydrogen-bond acceptors (Lipinski definition) is 2. The Morgan fingerprint density at radius 3 is 1.10 bits per heavy atom. The topological polar surface area (TPSA) is 0 Å². The first kappa shape index (κ1) is 27.1. The molecule has 12 aromatic rings. The SMILES string of the molecule is c1ccc2cc3c(cc2c1)sc1cc(-c2ccc4ccc5c(-c6ccc7c(c6)sc6cc8ccccc8cc67)ccc6ccc2c4c65)ccc13. The molecule has 0 bridgehead atoms. The molecule has 2 aromatic heterocycles. The molecule has 0 saturated carbocycles. The van der Waals surface area contributed by atoms with Gasteiger partial charge in [0.15, 0.2) is 0 Å². The van der Waals surface area contributed by atoms with Crippen LogP contribution in [0.4, 0.5) is 0 Å². The van der Waals surface area contributed by atoms with Crippen LogP contribution in [-0.2, 0) is 0 Å². The van der Waals surface area contributed by atoms with Gasteiger partial charge in [-0.05, 0) is 113 Å². The van der Waals surface area contributed by atoms with Gasteiger partial charge in [-0.1, -0.05) is 121 Å². The quantitative estimate of drug-likeness (QED) is 0.161. The molecular weight excluding hydrogens is 641 g/mol. The molecule has 50 heavy (non-hydrogen) atoms. The van der Waals surface area contributed by atoms with Crippen molar-refractivity contribution in [2.75, 3.05) is 0 Å². The Morgan fingerprint density at radius 1 is 0.260 bits per heavy atom. The lowest BCUT2D eigenvalue weighted by Gasteiger charge is -2.16. The Morgan fingerprint density at radius 2 is 0.640 bits per heavy atom. The predicted molar refractivity (Wildman–Crippen MR) is 222 cm³/mol. The largest absolute Gasteiger partial charge is 0.135 e. The Labute approximate surface area is 295 Å². The van der Waals surface area contributed by atoms with E-state index in [4.69, 9.17) is 0 Å². The van der Waals surface area contributed by atoms with Crippen LogP contribution in [0.2, 0.25) is 0 Å². The van der Waals surface area contributed by atoms with Crippen LogP contribution in [-0.4, -0.2) is 0 Å². The predicted octanol–water partition coefficient (Wildman–Crippen LogP) is 15.0. The van der Waals surface area contributed by atoms with Crippen molar-refractivity contribution in [1.82, 2.24) is 0 Å². The maximum Gasteiger partial charge on any atom is 0.0361 e. The molecule has 10 aromatic carbocycles. The van der Waals surface area contributed by atoms with Crippen molar-refractivity contribution in [3.8, 4) is 22.3 Å². The van der Waals surface area contributed by atoms with Gasteiger partial charge in [-0.2, -0.15) is 0 Å². The average Bonchev–Trinajstić information content (AvgIpc) is 3.70. The number of fused-ring (bicyclic) bond motifs is 8. The van der Waals surface area contributed by atoms with Crippen molar-refractivity contribution in [1.29, 1.82) is 0 Å². The third-order valence-electron chi connectivity index (χ3n) is 11.0. The molecule has 0 atom stereocenters. The van der Waals surface area contributed by atoms with Gasteiger partial charge in [-0.15, -0.1) is 22.7 Å². The van der Waals surface area contributed by atoms with Crippen LogP contribution >= 0.6 is 22.7 Å². The summed E-state index contributed by atoms with van der Waals surface area (Å²) < 4.78 is 5.37.